The van der Waals surface area contributed by atoms with E-state index in [0.29, 0.717) is 12.0 Å². The first kappa shape index (κ1) is 32.3. The smallest absolute Gasteiger partial charge is 0.257 e. The van der Waals surface area contributed by atoms with E-state index in [2.05, 4.69) is 35.1 Å². The van der Waals surface area contributed by atoms with E-state index in [9.17, 15) is 14.4 Å². The molecule has 38 heavy (non-hydrogen) atoms. The molecule has 4 rings (SSSR count). The molecule has 8 heteroatoms. The average Bonchev–Trinajstić information content (AvgIpc) is 3.31. The molecule has 0 saturated carbocycles. The van der Waals surface area contributed by atoms with Crippen molar-refractivity contribution in [2.45, 2.75) is 58.3 Å². The van der Waals surface area contributed by atoms with Gasteiger partial charge in [0.1, 0.15) is 6.29 Å². The summed E-state index contributed by atoms with van der Waals surface area (Å²) < 4.78 is 0. The Balaban J connectivity index is 0.000000318. The molecular formula is C30H43N5O3. The highest BCUT2D eigenvalue weighted by molar-refractivity contribution is 6.06. The van der Waals surface area contributed by atoms with Gasteiger partial charge in [0.15, 0.2) is 0 Å². The van der Waals surface area contributed by atoms with Crippen molar-refractivity contribution in [2.24, 2.45) is 10.7 Å². The van der Waals surface area contributed by atoms with Crippen LogP contribution in [0.3, 0.4) is 0 Å². The number of hydrogen-bond donors (Lipinski definition) is 2. The average molecular weight is 522 g/mol. The number of aldehydes is 1. The third-order valence-corrected chi connectivity index (χ3v) is 6.05. The third kappa shape index (κ3) is 13.6. The fourth-order valence-electron chi connectivity index (χ4n) is 4.03. The fourth-order valence-corrected chi connectivity index (χ4v) is 4.03. The number of amides is 2. The van der Waals surface area contributed by atoms with Crippen molar-refractivity contribution in [2.75, 3.05) is 33.2 Å². The van der Waals surface area contributed by atoms with Crippen LogP contribution >= 0.6 is 0 Å². The lowest BCUT2D eigenvalue weighted by molar-refractivity contribution is -0.132. The second-order valence-electron chi connectivity index (χ2n) is 9.26. The van der Waals surface area contributed by atoms with E-state index in [4.69, 9.17) is 5.73 Å². The van der Waals surface area contributed by atoms with Crippen LogP contribution in [0.25, 0.3) is 0 Å². The summed E-state index contributed by atoms with van der Waals surface area (Å²) in [6.07, 6.45) is 22.9. The number of terminal acetylenes is 1. The first-order valence-electron chi connectivity index (χ1n) is 13.2. The van der Waals surface area contributed by atoms with Crippen LogP contribution in [0.15, 0.2) is 53.1 Å². The minimum atomic E-state index is -0.218. The van der Waals surface area contributed by atoms with Crippen LogP contribution in [0.1, 0.15) is 56.9 Å². The molecular weight excluding hydrogens is 478 g/mol. The van der Waals surface area contributed by atoms with E-state index in [1.807, 2.05) is 43.3 Å². The van der Waals surface area contributed by atoms with E-state index < -0.39 is 0 Å². The summed E-state index contributed by atoms with van der Waals surface area (Å²) in [5.41, 5.74) is 8.19. The zero-order valence-corrected chi connectivity index (χ0v) is 22.9. The van der Waals surface area contributed by atoms with Crippen LogP contribution < -0.4 is 11.1 Å². The predicted octanol–water partition coefficient (Wildman–Crippen LogP) is 3.88. The van der Waals surface area contributed by atoms with Crippen molar-refractivity contribution in [3.63, 3.8) is 0 Å². The summed E-state index contributed by atoms with van der Waals surface area (Å²) in [7, 11) is 2.17. The number of hydrogen-bond acceptors (Lipinski definition) is 5. The SMILES string of the molecule is C#C.CN1CCCC1.Cc1cccc(N=C(N)NC(=O)C2=CCCC=C2)c1.O=CCN1CCCCCC1=O. The number of rotatable bonds is 4. The molecule has 2 heterocycles. The van der Waals surface area contributed by atoms with Gasteiger partial charge in [-0.1, -0.05) is 36.8 Å². The molecule has 0 atom stereocenters. The maximum atomic E-state index is 11.9. The Hall–Kier alpha value is -3.70. The summed E-state index contributed by atoms with van der Waals surface area (Å²) >= 11 is 0. The number of carbonyl (C=O) groups is 3. The molecule has 2 fully saturated rings. The zero-order chi connectivity index (χ0) is 28.2. The maximum Gasteiger partial charge on any atom is 0.257 e. The number of guanidine groups is 1. The van der Waals surface area contributed by atoms with Gasteiger partial charge < -0.3 is 20.3 Å². The molecule has 1 aliphatic carbocycles. The number of nitrogens with two attached hydrogens (primary N) is 1. The molecule has 1 aromatic rings. The highest BCUT2D eigenvalue weighted by Crippen LogP contribution is 2.13. The number of allylic oxidation sites excluding steroid dienone is 2. The molecule has 0 unspecified atom stereocenters. The van der Waals surface area contributed by atoms with E-state index in [0.717, 1.165) is 56.2 Å². The van der Waals surface area contributed by atoms with E-state index >= 15 is 0 Å². The van der Waals surface area contributed by atoms with E-state index in [1.165, 1.54) is 25.9 Å². The first-order chi connectivity index (χ1) is 18.4. The Bertz CT molecular complexity index is 991. The van der Waals surface area contributed by atoms with Gasteiger partial charge in [-0.3, -0.25) is 14.9 Å². The van der Waals surface area contributed by atoms with Gasteiger partial charge in [0.2, 0.25) is 11.9 Å². The highest BCUT2D eigenvalue weighted by Gasteiger charge is 2.15. The normalized spacial score (nSPS) is 17.3. The zero-order valence-electron chi connectivity index (χ0n) is 22.9. The number of nitrogens with one attached hydrogen (secondary N) is 1. The maximum absolute atomic E-state index is 11.9. The Morgan fingerprint density at radius 2 is 1.82 bits per heavy atom. The number of aryl methyl sites for hydroxylation is 1. The quantitative estimate of drug-likeness (QED) is 0.271. The topological polar surface area (TPSA) is 108 Å². The number of nitrogens with zero attached hydrogens (tertiary/aromatic N) is 3. The number of carbonyl (C=O) groups excluding carboxylic acids is 3. The van der Waals surface area contributed by atoms with Gasteiger partial charge >= 0.3 is 0 Å². The Kier molecular flexibility index (Phi) is 16.5. The van der Waals surface area contributed by atoms with Crippen molar-refractivity contribution >= 4 is 29.7 Å². The molecule has 3 N–H and O–H groups in total. The second kappa shape index (κ2) is 19.4. The lowest BCUT2D eigenvalue weighted by Crippen LogP contribution is -2.37. The summed E-state index contributed by atoms with van der Waals surface area (Å²) in [5, 5.41) is 2.59. The van der Waals surface area contributed by atoms with Crippen molar-refractivity contribution in [1.82, 2.24) is 15.1 Å². The minimum Gasteiger partial charge on any atom is -0.369 e. The Morgan fingerprint density at radius 1 is 1.11 bits per heavy atom. The van der Waals surface area contributed by atoms with Gasteiger partial charge in [0, 0.05) is 18.5 Å². The largest absolute Gasteiger partial charge is 0.369 e. The highest BCUT2D eigenvalue weighted by atomic mass is 16.2. The van der Waals surface area contributed by atoms with Gasteiger partial charge in [-0.05, 0) is 83.3 Å². The van der Waals surface area contributed by atoms with Gasteiger partial charge in [-0.25, -0.2) is 4.99 Å². The van der Waals surface area contributed by atoms with Crippen molar-refractivity contribution in [3.8, 4) is 12.8 Å². The third-order valence-electron chi connectivity index (χ3n) is 6.05. The summed E-state index contributed by atoms with van der Waals surface area (Å²) in [6.45, 7) is 5.65. The fraction of sp³-hybridized carbons (Fsp3) is 0.467. The number of benzene rings is 1. The Labute approximate surface area is 228 Å². The van der Waals surface area contributed by atoms with Crippen LogP contribution in [0.2, 0.25) is 0 Å². The predicted molar refractivity (Wildman–Crippen MR) is 155 cm³/mol. The molecule has 1 aromatic carbocycles. The molecule has 0 radical (unpaired) electrons. The molecule has 8 nitrogen and oxygen atoms in total. The van der Waals surface area contributed by atoms with Crippen molar-refractivity contribution in [3.05, 3.63) is 53.6 Å². The molecule has 0 aromatic heterocycles. The molecule has 3 aliphatic rings. The molecule has 0 bridgehead atoms. The number of likely N-dealkylation sites (tertiary alicyclic amines) is 2. The van der Waals surface area contributed by atoms with Gasteiger partial charge in [-0.15, -0.1) is 12.8 Å². The van der Waals surface area contributed by atoms with E-state index in [1.54, 1.807) is 11.0 Å². The molecule has 0 spiro atoms. The Morgan fingerprint density at radius 3 is 2.39 bits per heavy atom. The van der Waals surface area contributed by atoms with Crippen LogP contribution in [0, 0.1) is 19.8 Å². The molecule has 206 valence electrons. The lowest BCUT2D eigenvalue weighted by atomic mass is 10.1. The van der Waals surface area contributed by atoms with Crippen LogP contribution in [0.5, 0.6) is 0 Å². The number of aliphatic imine (C=N–C) groups is 1. The van der Waals surface area contributed by atoms with Gasteiger partial charge in [0.05, 0.1) is 12.2 Å². The minimum absolute atomic E-state index is 0.107. The van der Waals surface area contributed by atoms with Crippen LogP contribution in [0.4, 0.5) is 5.69 Å². The molecule has 2 aliphatic heterocycles. The monoisotopic (exact) mass is 521 g/mol. The van der Waals surface area contributed by atoms with Crippen molar-refractivity contribution < 1.29 is 14.4 Å². The van der Waals surface area contributed by atoms with E-state index in [-0.39, 0.29) is 24.3 Å². The lowest BCUT2D eigenvalue weighted by Gasteiger charge is -2.16. The van der Waals surface area contributed by atoms with Crippen molar-refractivity contribution in [1.29, 1.82) is 0 Å². The van der Waals surface area contributed by atoms with Gasteiger partial charge in [-0.2, -0.15) is 0 Å². The molecule has 2 saturated heterocycles. The van der Waals surface area contributed by atoms with Gasteiger partial charge in [0.25, 0.3) is 5.91 Å². The molecule has 2 amide bonds. The van der Waals surface area contributed by atoms with Crippen LogP contribution in [-0.2, 0) is 14.4 Å². The standard InChI is InChI=1S/C15H17N3O.C8H13NO2.C5H11N.C2H2/c1-11-6-5-9-13(10-11)17-15(16)18-14(19)12-7-3-2-4-8-12;10-7-6-9-5-3-1-2-4-8(9)11;1-6-4-2-3-5-6;1-2/h3,5-10H,2,4H2,1H3,(H3,16,17,18,19);7H,1-6H2;2-5H2,1H3;1-2H. The first-order valence-corrected chi connectivity index (χ1v) is 13.2. The summed E-state index contributed by atoms with van der Waals surface area (Å²) in [4.78, 5) is 41.3. The second-order valence-corrected chi connectivity index (χ2v) is 9.26. The van der Waals surface area contributed by atoms with Crippen LogP contribution in [-0.4, -0.2) is 67.1 Å². The summed E-state index contributed by atoms with van der Waals surface area (Å²) in [6, 6.07) is 7.62. The summed E-state index contributed by atoms with van der Waals surface area (Å²) in [5.74, 6) is 0.0231.